The highest BCUT2D eigenvalue weighted by Gasteiger charge is 2.20. The molecule has 0 saturated heterocycles. The third-order valence-corrected chi connectivity index (χ3v) is 5.64. The van der Waals surface area contributed by atoms with Gasteiger partial charge in [-0.3, -0.25) is 9.59 Å². The van der Waals surface area contributed by atoms with Crippen molar-refractivity contribution in [2.75, 3.05) is 10.6 Å². The smallest absolute Gasteiger partial charge is 0.251 e. The minimum absolute atomic E-state index is 0.210. The van der Waals surface area contributed by atoms with E-state index >= 15 is 0 Å². The maximum atomic E-state index is 12.6. The number of hydrogen-bond acceptors (Lipinski definition) is 4. The van der Waals surface area contributed by atoms with Crippen molar-refractivity contribution in [2.45, 2.75) is 25.8 Å². The highest BCUT2D eigenvalue weighted by atomic mass is 32.1. The van der Waals surface area contributed by atoms with Gasteiger partial charge in [0.25, 0.3) is 5.91 Å². The first-order valence-corrected chi connectivity index (χ1v) is 9.40. The van der Waals surface area contributed by atoms with Gasteiger partial charge in [-0.2, -0.15) is 0 Å². The van der Waals surface area contributed by atoms with Gasteiger partial charge >= 0.3 is 0 Å². The molecule has 4 N–H and O–H groups in total. The molecule has 0 bridgehead atoms. The number of nitrogens with two attached hydrogens (primary N) is 1. The number of carbonyl (C=O) groups is 2. The van der Waals surface area contributed by atoms with Gasteiger partial charge in [0.05, 0.1) is 5.56 Å². The third-order valence-electron chi connectivity index (χ3n) is 4.81. The van der Waals surface area contributed by atoms with Crippen molar-refractivity contribution >= 4 is 44.6 Å². The van der Waals surface area contributed by atoms with Crippen LogP contribution in [-0.2, 0) is 17.6 Å². The molecule has 3 aromatic rings. The van der Waals surface area contributed by atoms with Gasteiger partial charge in [-0.15, -0.1) is 11.3 Å². The van der Waals surface area contributed by atoms with Crippen LogP contribution in [0.15, 0.2) is 41.8 Å². The Bertz CT molecular complexity index is 1010. The minimum Gasteiger partial charge on any atom is -0.373 e. The fourth-order valence-corrected chi connectivity index (χ4v) is 4.29. The van der Waals surface area contributed by atoms with E-state index in [-0.39, 0.29) is 5.91 Å². The lowest BCUT2D eigenvalue weighted by molar-refractivity contribution is -0.116. The standard InChI is InChI=1S/C20H19N3O2S/c1-11(19(25)23-20-15(18(21)24)9-10-26-20)22-16-8-7-13-6-5-12-3-2-4-14(16)17(12)13/h2-4,7-11,22H,5-6H2,1H3,(H2,21,24)(H,23,25). The average Bonchev–Trinajstić information content (AvgIpc) is 3.25. The second-order valence-electron chi connectivity index (χ2n) is 6.49. The summed E-state index contributed by atoms with van der Waals surface area (Å²) in [5, 5.41) is 10.8. The van der Waals surface area contributed by atoms with Crippen molar-refractivity contribution in [1.82, 2.24) is 0 Å². The summed E-state index contributed by atoms with van der Waals surface area (Å²) in [6.45, 7) is 1.80. The van der Waals surface area contributed by atoms with Gasteiger partial charge in [0.2, 0.25) is 5.91 Å². The van der Waals surface area contributed by atoms with Crippen LogP contribution in [0.3, 0.4) is 0 Å². The molecule has 0 spiro atoms. The zero-order valence-corrected chi connectivity index (χ0v) is 15.2. The monoisotopic (exact) mass is 365 g/mol. The van der Waals surface area contributed by atoms with Gasteiger partial charge in [0, 0.05) is 11.1 Å². The first-order chi connectivity index (χ1) is 12.5. The van der Waals surface area contributed by atoms with E-state index < -0.39 is 11.9 Å². The summed E-state index contributed by atoms with van der Waals surface area (Å²) in [6, 6.07) is 11.6. The maximum Gasteiger partial charge on any atom is 0.251 e. The summed E-state index contributed by atoms with van der Waals surface area (Å²) in [5.41, 5.74) is 9.33. The molecule has 6 heteroatoms. The van der Waals surface area contributed by atoms with E-state index in [2.05, 4.69) is 34.9 Å². The Hall–Kier alpha value is -2.86. The zero-order valence-electron chi connectivity index (χ0n) is 14.3. The Balaban J connectivity index is 1.56. The van der Waals surface area contributed by atoms with Crippen LogP contribution in [0.2, 0.25) is 0 Å². The molecule has 5 nitrogen and oxygen atoms in total. The molecule has 132 valence electrons. The summed E-state index contributed by atoms with van der Waals surface area (Å²) in [4.78, 5) is 24.0. The molecule has 4 rings (SSSR count). The van der Waals surface area contributed by atoms with E-state index in [1.54, 1.807) is 18.4 Å². The molecule has 0 fully saturated rings. The number of primary amides is 1. The Morgan fingerprint density at radius 2 is 1.88 bits per heavy atom. The number of aryl methyl sites for hydroxylation is 2. The van der Waals surface area contributed by atoms with E-state index in [0.717, 1.165) is 23.9 Å². The summed E-state index contributed by atoms with van der Waals surface area (Å²) >= 11 is 1.28. The lowest BCUT2D eigenvalue weighted by Crippen LogP contribution is -2.32. The molecule has 0 aliphatic heterocycles. The van der Waals surface area contributed by atoms with Crippen LogP contribution in [0, 0.1) is 0 Å². The second kappa shape index (κ2) is 6.46. The number of carbonyl (C=O) groups excluding carboxylic acids is 2. The van der Waals surface area contributed by atoms with Crippen LogP contribution in [0.1, 0.15) is 28.4 Å². The molecular weight excluding hydrogens is 346 g/mol. The van der Waals surface area contributed by atoms with Gasteiger partial charge in [0.15, 0.2) is 0 Å². The van der Waals surface area contributed by atoms with E-state index in [0.29, 0.717) is 10.6 Å². The first kappa shape index (κ1) is 16.6. The fraction of sp³-hybridized carbons (Fsp3) is 0.200. The molecule has 1 unspecified atom stereocenters. The Morgan fingerprint density at radius 1 is 1.12 bits per heavy atom. The van der Waals surface area contributed by atoms with Crippen LogP contribution < -0.4 is 16.4 Å². The lowest BCUT2D eigenvalue weighted by atomic mass is 10.0. The number of thiophene rings is 1. The van der Waals surface area contributed by atoms with E-state index in [4.69, 9.17) is 5.73 Å². The SMILES string of the molecule is CC(Nc1ccc2c3c(cccc13)CC2)C(=O)Nc1sccc1C(N)=O. The highest BCUT2D eigenvalue weighted by molar-refractivity contribution is 7.14. The van der Waals surface area contributed by atoms with Crippen molar-refractivity contribution < 1.29 is 9.59 Å². The third kappa shape index (κ3) is 2.82. The molecule has 1 aromatic heterocycles. The quantitative estimate of drug-likeness (QED) is 0.647. The topological polar surface area (TPSA) is 84.2 Å². The van der Waals surface area contributed by atoms with E-state index in [9.17, 15) is 9.59 Å². The molecule has 0 radical (unpaired) electrons. The average molecular weight is 365 g/mol. The van der Waals surface area contributed by atoms with Crippen LogP contribution in [0.4, 0.5) is 10.7 Å². The van der Waals surface area contributed by atoms with E-state index in [1.807, 2.05) is 6.07 Å². The lowest BCUT2D eigenvalue weighted by Gasteiger charge is -2.17. The van der Waals surface area contributed by atoms with Gasteiger partial charge < -0.3 is 16.4 Å². The number of amides is 2. The molecule has 0 saturated carbocycles. The van der Waals surface area contributed by atoms with Crippen molar-refractivity contribution in [3.63, 3.8) is 0 Å². The molecular formula is C20H19N3O2S. The minimum atomic E-state index is -0.547. The van der Waals surface area contributed by atoms with Gasteiger partial charge in [-0.25, -0.2) is 0 Å². The Kier molecular flexibility index (Phi) is 4.12. The molecule has 1 atom stereocenters. The van der Waals surface area contributed by atoms with Gasteiger partial charge in [-0.05, 0) is 53.8 Å². The van der Waals surface area contributed by atoms with Gasteiger partial charge in [-0.1, -0.05) is 24.3 Å². The molecule has 26 heavy (non-hydrogen) atoms. The van der Waals surface area contributed by atoms with Crippen molar-refractivity contribution in [1.29, 1.82) is 0 Å². The summed E-state index contributed by atoms with van der Waals surface area (Å²) in [7, 11) is 0. The van der Waals surface area contributed by atoms with Crippen LogP contribution in [0.25, 0.3) is 10.8 Å². The Labute approximate surface area is 155 Å². The molecule has 1 heterocycles. The van der Waals surface area contributed by atoms with Crippen LogP contribution in [-0.4, -0.2) is 17.9 Å². The normalized spacial score (nSPS) is 13.6. The highest BCUT2D eigenvalue weighted by Crippen LogP contribution is 2.35. The number of anilines is 2. The van der Waals surface area contributed by atoms with Crippen molar-refractivity contribution in [3.05, 3.63) is 58.5 Å². The number of nitrogens with one attached hydrogen (secondary N) is 2. The summed E-state index contributed by atoms with van der Waals surface area (Å²) in [5.74, 6) is -0.757. The number of hydrogen-bond donors (Lipinski definition) is 3. The van der Waals surface area contributed by atoms with Crippen molar-refractivity contribution in [2.24, 2.45) is 5.73 Å². The summed E-state index contributed by atoms with van der Waals surface area (Å²) in [6.07, 6.45) is 2.14. The number of rotatable bonds is 5. The van der Waals surface area contributed by atoms with Crippen molar-refractivity contribution in [3.8, 4) is 0 Å². The predicted octanol–water partition coefficient (Wildman–Crippen LogP) is 3.54. The van der Waals surface area contributed by atoms with Crippen LogP contribution in [0.5, 0.6) is 0 Å². The predicted molar refractivity (Wildman–Crippen MR) is 106 cm³/mol. The van der Waals surface area contributed by atoms with Gasteiger partial charge in [0.1, 0.15) is 11.0 Å². The zero-order chi connectivity index (χ0) is 18.3. The van der Waals surface area contributed by atoms with E-state index in [1.165, 1.54) is 27.8 Å². The Morgan fingerprint density at radius 3 is 2.65 bits per heavy atom. The molecule has 1 aliphatic carbocycles. The number of benzene rings is 2. The summed E-state index contributed by atoms with van der Waals surface area (Å²) < 4.78 is 0. The fourth-order valence-electron chi connectivity index (χ4n) is 3.49. The molecule has 1 aliphatic rings. The maximum absolute atomic E-state index is 12.6. The largest absolute Gasteiger partial charge is 0.373 e. The molecule has 2 aromatic carbocycles. The van der Waals surface area contributed by atoms with Crippen LogP contribution >= 0.6 is 11.3 Å². The molecule has 2 amide bonds. The first-order valence-electron chi connectivity index (χ1n) is 8.53. The second-order valence-corrected chi connectivity index (χ2v) is 7.41.